The van der Waals surface area contributed by atoms with Crippen molar-refractivity contribution in [3.8, 4) is 5.75 Å². The number of nitro groups is 1. The van der Waals surface area contributed by atoms with Gasteiger partial charge in [-0.2, -0.15) is 0 Å². The number of rotatable bonds is 9. The molecule has 0 radical (unpaired) electrons. The van der Waals surface area contributed by atoms with Gasteiger partial charge in [0.2, 0.25) is 0 Å². The molecule has 0 saturated heterocycles. The summed E-state index contributed by atoms with van der Waals surface area (Å²) < 4.78 is 0. The van der Waals surface area contributed by atoms with Gasteiger partial charge >= 0.3 is 0 Å². The van der Waals surface area contributed by atoms with Crippen LogP contribution in [-0.2, 0) is 6.54 Å². The number of thiocarbonyl (C=S) groups is 1. The molecule has 0 unspecified atom stereocenters. The molecule has 1 aromatic rings. The molecule has 0 bridgehead atoms. The summed E-state index contributed by atoms with van der Waals surface area (Å²) in [6.07, 6.45) is 4.63. The largest absolute Gasteiger partial charge is 0.872 e. The van der Waals surface area contributed by atoms with Crippen LogP contribution in [0.3, 0.4) is 0 Å². The third kappa shape index (κ3) is 6.81. The minimum atomic E-state index is -0.515. The van der Waals surface area contributed by atoms with Gasteiger partial charge in [-0.05, 0) is 30.1 Å². The fourth-order valence-corrected chi connectivity index (χ4v) is 2.39. The Balaban J connectivity index is 2.47. The molecular formula is C16H24N3O3S-. The molecule has 0 fully saturated rings. The Hall–Kier alpha value is -1.89. The second-order valence-electron chi connectivity index (χ2n) is 5.53. The van der Waals surface area contributed by atoms with Gasteiger partial charge in [-0.1, -0.05) is 39.2 Å². The van der Waals surface area contributed by atoms with Gasteiger partial charge in [-0.25, -0.2) is 0 Å². The van der Waals surface area contributed by atoms with E-state index >= 15 is 0 Å². The van der Waals surface area contributed by atoms with Crippen LogP contribution >= 0.6 is 12.2 Å². The van der Waals surface area contributed by atoms with Gasteiger partial charge < -0.3 is 15.7 Å². The summed E-state index contributed by atoms with van der Waals surface area (Å²) in [6, 6.07) is 3.71. The molecule has 2 N–H and O–H groups in total. The predicted molar refractivity (Wildman–Crippen MR) is 93.3 cm³/mol. The molecule has 0 spiro atoms. The lowest BCUT2D eigenvalue weighted by Gasteiger charge is -2.18. The zero-order valence-corrected chi connectivity index (χ0v) is 14.4. The van der Waals surface area contributed by atoms with E-state index in [0.717, 1.165) is 19.4 Å². The standard InChI is InChI=1S/C16H25N3O3S/c1-3-5-6-12(4-2)10-17-16(23)18-11-13-9-14(19(21)22)7-8-15(13)20/h7-9,12,20H,3-6,10-11H2,1-2H3,(H2,17,18,23)/p-1/t12-/m1/s1. The van der Waals surface area contributed by atoms with Crippen molar-refractivity contribution in [1.82, 2.24) is 10.6 Å². The smallest absolute Gasteiger partial charge is 0.269 e. The molecule has 1 rings (SSSR count). The van der Waals surface area contributed by atoms with Crippen LogP contribution in [0.1, 0.15) is 45.1 Å². The summed E-state index contributed by atoms with van der Waals surface area (Å²) in [5.74, 6) is 0.336. The summed E-state index contributed by atoms with van der Waals surface area (Å²) in [4.78, 5) is 10.2. The summed E-state index contributed by atoms with van der Waals surface area (Å²) in [5.41, 5.74) is 0.243. The number of hydrogen-bond donors (Lipinski definition) is 2. The molecule has 7 heteroatoms. The van der Waals surface area contributed by atoms with Gasteiger partial charge in [0.1, 0.15) is 0 Å². The fourth-order valence-electron chi connectivity index (χ4n) is 2.24. The summed E-state index contributed by atoms with van der Waals surface area (Å²) in [6.45, 7) is 5.30. The molecule has 0 aromatic heterocycles. The summed E-state index contributed by atoms with van der Waals surface area (Å²) >= 11 is 5.20. The van der Waals surface area contributed by atoms with E-state index in [4.69, 9.17) is 12.2 Å². The van der Waals surface area contributed by atoms with Crippen molar-refractivity contribution < 1.29 is 10.0 Å². The SMILES string of the molecule is CCCC[C@@H](CC)CNC(=S)NCc1cc([N+](=O)[O-])ccc1[O-]. The quantitative estimate of drug-likeness (QED) is 0.409. The Kier molecular flexibility index (Phi) is 8.32. The van der Waals surface area contributed by atoms with Gasteiger partial charge in [-0.15, -0.1) is 5.75 Å². The Bertz CT molecular complexity index is 537. The first-order valence-electron chi connectivity index (χ1n) is 7.93. The Morgan fingerprint density at radius 1 is 1.35 bits per heavy atom. The third-order valence-electron chi connectivity index (χ3n) is 3.79. The van der Waals surface area contributed by atoms with Gasteiger partial charge in [0, 0.05) is 25.2 Å². The Morgan fingerprint density at radius 3 is 2.70 bits per heavy atom. The average Bonchev–Trinajstić information content (AvgIpc) is 2.54. The topological polar surface area (TPSA) is 90.3 Å². The molecular weight excluding hydrogens is 314 g/mol. The van der Waals surface area contributed by atoms with E-state index < -0.39 is 4.92 Å². The van der Waals surface area contributed by atoms with Crippen LogP contribution in [-0.4, -0.2) is 16.6 Å². The maximum Gasteiger partial charge on any atom is 0.269 e. The van der Waals surface area contributed by atoms with Gasteiger partial charge in [0.05, 0.1) is 4.92 Å². The highest BCUT2D eigenvalue weighted by molar-refractivity contribution is 7.80. The van der Waals surface area contributed by atoms with E-state index in [9.17, 15) is 15.2 Å². The van der Waals surface area contributed by atoms with E-state index in [1.54, 1.807) is 0 Å². The van der Waals surface area contributed by atoms with E-state index in [2.05, 4.69) is 24.5 Å². The van der Waals surface area contributed by atoms with Gasteiger partial charge in [-0.3, -0.25) is 10.1 Å². The summed E-state index contributed by atoms with van der Waals surface area (Å²) in [7, 11) is 0. The number of benzene rings is 1. The summed E-state index contributed by atoms with van der Waals surface area (Å²) in [5, 5.41) is 29.0. The van der Waals surface area contributed by atoms with E-state index in [1.807, 2.05) is 0 Å². The minimum Gasteiger partial charge on any atom is -0.872 e. The van der Waals surface area contributed by atoms with E-state index in [0.29, 0.717) is 16.6 Å². The number of nitrogens with one attached hydrogen (secondary N) is 2. The van der Waals surface area contributed by atoms with Gasteiger partial charge in [0.25, 0.3) is 5.69 Å². The Morgan fingerprint density at radius 2 is 2.09 bits per heavy atom. The highest BCUT2D eigenvalue weighted by Crippen LogP contribution is 2.20. The van der Waals surface area contributed by atoms with Crippen molar-refractivity contribution in [1.29, 1.82) is 0 Å². The lowest BCUT2D eigenvalue weighted by atomic mass is 9.99. The molecule has 128 valence electrons. The molecule has 1 aromatic carbocycles. The second-order valence-corrected chi connectivity index (χ2v) is 5.94. The van der Waals surface area contributed by atoms with Crippen LogP contribution in [0.15, 0.2) is 18.2 Å². The predicted octanol–water partition coefficient (Wildman–Crippen LogP) is 2.85. The molecule has 1 atom stereocenters. The van der Waals surface area contributed by atoms with Crippen LogP contribution in [0.4, 0.5) is 5.69 Å². The number of nitro benzene ring substituents is 1. The second kappa shape index (κ2) is 9.99. The first-order chi connectivity index (χ1) is 11.0. The van der Waals surface area contributed by atoms with Gasteiger partial charge in [0.15, 0.2) is 5.11 Å². The van der Waals surface area contributed by atoms with Crippen LogP contribution in [0.25, 0.3) is 0 Å². The Labute approximate surface area is 142 Å². The van der Waals surface area contributed by atoms with Crippen LogP contribution in [0.2, 0.25) is 0 Å². The number of unbranched alkanes of at least 4 members (excludes halogenated alkanes) is 1. The number of non-ortho nitro benzene ring substituents is 1. The molecule has 23 heavy (non-hydrogen) atoms. The van der Waals surface area contributed by atoms with Crippen molar-refractivity contribution in [3.05, 3.63) is 33.9 Å². The van der Waals surface area contributed by atoms with Crippen molar-refractivity contribution in [2.45, 2.75) is 46.1 Å². The average molecular weight is 338 g/mol. The van der Waals surface area contributed by atoms with Crippen molar-refractivity contribution in [3.63, 3.8) is 0 Å². The maximum atomic E-state index is 11.7. The van der Waals surface area contributed by atoms with Crippen molar-refractivity contribution in [2.24, 2.45) is 5.92 Å². The zero-order valence-electron chi connectivity index (χ0n) is 13.6. The molecule has 0 heterocycles. The molecule has 0 aliphatic carbocycles. The minimum absolute atomic E-state index is 0.0918. The molecule has 0 aliphatic rings. The van der Waals surface area contributed by atoms with Crippen molar-refractivity contribution in [2.75, 3.05) is 6.54 Å². The first kappa shape index (κ1) is 19.2. The van der Waals surface area contributed by atoms with E-state index in [-0.39, 0.29) is 18.0 Å². The van der Waals surface area contributed by atoms with Crippen LogP contribution in [0.5, 0.6) is 5.75 Å². The lowest BCUT2D eigenvalue weighted by molar-refractivity contribution is -0.385. The van der Waals surface area contributed by atoms with E-state index in [1.165, 1.54) is 31.0 Å². The highest BCUT2D eigenvalue weighted by Gasteiger charge is 2.08. The monoisotopic (exact) mass is 338 g/mol. The third-order valence-corrected chi connectivity index (χ3v) is 4.08. The maximum absolute atomic E-state index is 11.7. The zero-order chi connectivity index (χ0) is 17.2. The number of nitrogens with zero attached hydrogens (tertiary/aromatic N) is 1. The van der Waals surface area contributed by atoms with Crippen molar-refractivity contribution >= 4 is 23.0 Å². The first-order valence-corrected chi connectivity index (χ1v) is 8.34. The molecule has 0 aliphatic heterocycles. The normalized spacial score (nSPS) is 11.7. The molecule has 0 saturated carbocycles. The number of hydrogen-bond acceptors (Lipinski definition) is 4. The lowest BCUT2D eigenvalue weighted by Crippen LogP contribution is -2.37. The van der Waals surface area contributed by atoms with Crippen LogP contribution < -0.4 is 15.7 Å². The van der Waals surface area contributed by atoms with Crippen LogP contribution in [0, 0.1) is 16.0 Å². The fraction of sp³-hybridized carbons (Fsp3) is 0.562. The molecule has 6 nitrogen and oxygen atoms in total. The molecule has 0 amide bonds. The highest BCUT2D eigenvalue weighted by atomic mass is 32.1.